The Labute approximate surface area is 161 Å². The lowest BCUT2D eigenvalue weighted by atomic mass is 10.2. The summed E-state index contributed by atoms with van der Waals surface area (Å²) >= 11 is 0. The predicted molar refractivity (Wildman–Crippen MR) is 100 cm³/mol. The van der Waals surface area contributed by atoms with Gasteiger partial charge in [0.25, 0.3) is 0 Å². The van der Waals surface area contributed by atoms with Gasteiger partial charge < -0.3 is 24.8 Å². The van der Waals surface area contributed by atoms with Crippen molar-refractivity contribution in [2.45, 2.75) is 13.0 Å². The number of benzene rings is 2. The van der Waals surface area contributed by atoms with Crippen LogP contribution in [0.5, 0.6) is 11.5 Å². The summed E-state index contributed by atoms with van der Waals surface area (Å²) in [6.07, 6.45) is -0.393. The van der Waals surface area contributed by atoms with Crippen LogP contribution >= 0.6 is 0 Å². The van der Waals surface area contributed by atoms with Crippen molar-refractivity contribution in [1.82, 2.24) is 5.32 Å². The topological polar surface area (TPSA) is 103 Å². The zero-order valence-electron chi connectivity index (χ0n) is 15.3. The first-order valence-corrected chi connectivity index (χ1v) is 8.81. The summed E-state index contributed by atoms with van der Waals surface area (Å²) in [5.41, 5.74) is 0.749. The van der Waals surface area contributed by atoms with Gasteiger partial charge in [-0.2, -0.15) is 0 Å². The van der Waals surface area contributed by atoms with E-state index in [-0.39, 0.29) is 19.8 Å². The van der Waals surface area contributed by atoms with E-state index in [1.54, 1.807) is 19.1 Å². The van der Waals surface area contributed by atoms with Crippen molar-refractivity contribution in [3.05, 3.63) is 54.1 Å². The third-order valence-corrected chi connectivity index (χ3v) is 3.92. The molecule has 1 heterocycles. The molecule has 1 aliphatic rings. The second-order valence-corrected chi connectivity index (χ2v) is 5.96. The molecule has 0 saturated carbocycles. The maximum absolute atomic E-state index is 12.0. The zero-order chi connectivity index (χ0) is 19.9. The average molecular weight is 384 g/mol. The van der Waals surface area contributed by atoms with Gasteiger partial charge in [0.15, 0.2) is 11.5 Å². The smallest absolute Gasteiger partial charge is 0.338 e. The van der Waals surface area contributed by atoms with Crippen LogP contribution in [0.25, 0.3) is 0 Å². The molecule has 2 aromatic rings. The van der Waals surface area contributed by atoms with Gasteiger partial charge in [-0.1, -0.05) is 12.1 Å². The Morgan fingerprint density at radius 3 is 2.46 bits per heavy atom. The highest BCUT2D eigenvalue weighted by molar-refractivity contribution is 6.39. The van der Waals surface area contributed by atoms with Gasteiger partial charge in [0, 0.05) is 5.69 Å². The van der Waals surface area contributed by atoms with Crippen molar-refractivity contribution < 1.29 is 28.6 Å². The Morgan fingerprint density at radius 1 is 1.04 bits per heavy atom. The van der Waals surface area contributed by atoms with Gasteiger partial charge in [0.1, 0.15) is 12.7 Å². The van der Waals surface area contributed by atoms with Crippen molar-refractivity contribution in [3.63, 3.8) is 0 Å². The maximum Gasteiger partial charge on any atom is 0.338 e. The van der Waals surface area contributed by atoms with E-state index in [9.17, 15) is 14.4 Å². The highest BCUT2D eigenvalue weighted by Gasteiger charge is 2.22. The van der Waals surface area contributed by atoms with Crippen LogP contribution in [-0.4, -0.2) is 43.6 Å². The molecule has 8 nitrogen and oxygen atoms in total. The Bertz CT molecular complexity index is 865. The van der Waals surface area contributed by atoms with Gasteiger partial charge in [-0.15, -0.1) is 0 Å². The number of anilines is 1. The summed E-state index contributed by atoms with van der Waals surface area (Å²) in [5.74, 6) is -0.819. The van der Waals surface area contributed by atoms with Crippen LogP contribution < -0.4 is 20.1 Å². The quantitative estimate of drug-likeness (QED) is 0.602. The first-order valence-electron chi connectivity index (χ1n) is 8.81. The summed E-state index contributed by atoms with van der Waals surface area (Å²) in [4.78, 5) is 35.6. The summed E-state index contributed by atoms with van der Waals surface area (Å²) in [6.45, 7) is 2.39. The molecule has 0 unspecified atom stereocenters. The minimum absolute atomic E-state index is 0.127. The summed E-state index contributed by atoms with van der Waals surface area (Å²) in [6, 6.07) is 13.3. The fourth-order valence-electron chi connectivity index (χ4n) is 2.54. The van der Waals surface area contributed by atoms with Crippen LogP contribution in [0.4, 0.5) is 5.69 Å². The van der Waals surface area contributed by atoms with Gasteiger partial charge in [-0.3, -0.25) is 9.59 Å². The molecule has 1 atom stereocenters. The van der Waals surface area contributed by atoms with E-state index in [0.29, 0.717) is 22.7 Å². The first-order chi connectivity index (χ1) is 13.6. The van der Waals surface area contributed by atoms with Crippen LogP contribution in [0, 0.1) is 0 Å². The summed E-state index contributed by atoms with van der Waals surface area (Å²) in [5, 5.41) is 4.99. The fraction of sp³-hybridized carbons (Fsp3) is 0.250. The number of para-hydroxylation sites is 2. The lowest BCUT2D eigenvalue weighted by Gasteiger charge is -2.26. The molecule has 8 heteroatoms. The average Bonchev–Trinajstić information content (AvgIpc) is 2.72. The second-order valence-electron chi connectivity index (χ2n) is 5.96. The largest absolute Gasteiger partial charge is 0.486 e. The predicted octanol–water partition coefficient (Wildman–Crippen LogP) is 1.76. The summed E-state index contributed by atoms with van der Waals surface area (Å²) < 4.78 is 16.2. The number of esters is 1. The lowest BCUT2D eigenvalue weighted by Crippen LogP contribution is -2.44. The fourth-order valence-corrected chi connectivity index (χ4v) is 2.54. The third-order valence-electron chi connectivity index (χ3n) is 3.92. The molecule has 0 radical (unpaired) electrons. The number of carbonyl (C=O) groups excluding carboxylic acids is 3. The van der Waals surface area contributed by atoms with Gasteiger partial charge in [0.2, 0.25) is 0 Å². The van der Waals surface area contributed by atoms with Gasteiger partial charge >= 0.3 is 17.8 Å². The maximum atomic E-state index is 12.0. The van der Waals surface area contributed by atoms with Crippen LogP contribution in [-0.2, 0) is 14.3 Å². The van der Waals surface area contributed by atoms with Crippen LogP contribution in [0.15, 0.2) is 48.5 Å². The van der Waals surface area contributed by atoms with Gasteiger partial charge in [-0.25, -0.2) is 4.79 Å². The monoisotopic (exact) mass is 384 g/mol. The standard InChI is InChI=1S/C20H20N2O6/c1-2-26-20(25)13-7-9-14(10-8-13)22-19(24)18(23)21-11-15-12-27-16-5-3-4-6-17(16)28-15/h3-10,15H,2,11-12H2,1H3,(H,21,23)(H,22,24)/t15-/m1/s1. The van der Waals surface area contributed by atoms with Crippen molar-refractivity contribution in [2.75, 3.05) is 25.1 Å². The second kappa shape index (κ2) is 8.90. The van der Waals surface area contributed by atoms with E-state index in [1.807, 2.05) is 12.1 Å². The van der Waals surface area contributed by atoms with Crippen molar-refractivity contribution >= 4 is 23.5 Å². The summed E-state index contributed by atoms with van der Waals surface area (Å²) in [7, 11) is 0. The van der Waals surface area contributed by atoms with Gasteiger partial charge in [-0.05, 0) is 43.3 Å². The van der Waals surface area contributed by atoms with E-state index >= 15 is 0 Å². The molecule has 0 spiro atoms. The molecule has 0 aliphatic carbocycles. The molecular weight excluding hydrogens is 364 g/mol. The number of carbonyl (C=O) groups is 3. The Kier molecular flexibility index (Phi) is 6.11. The van der Waals surface area contributed by atoms with E-state index in [0.717, 1.165) is 0 Å². The number of rotatable bonds is 5. The molecule has 0 aromatic heterocycles. The number of hydrogen-bond acceptors (Lipinski definition) is 6. The molecule has 3 rings (SSSR count). The molecule has 1 aliphatic heterocycles. The molecule has 146 valence electrons. The van der Waals surface area contributed by atoms with Crippen LogP contribution in [0.3, 0.4) is 0 Å². The molecule has 0 fully saturated rings. The van der Waals surface area contributed by atoms with Crippen molar-refractivity contribution in [1.29, 1.82) is 0 Å². The number of amides is 2. The Hall–Kier alpha value is -3.55. The van der Waals surface area contributed by atoms with Gasteiger partial charge in [0.05, 0.1) is 18.7 Å². The molecule has 2 amide bonds. The molecule has 28 heavy (non-hydrogen) atoms. The first kappa shape index (κ1) is 19.2. The Morgan fingerprint density at radius 2 is 1.75 bits per heavy atom. The van der Waals surface area contributed by atoms with E-state index in [1.165, 1.54) is 24.3 Å². The SMILES string of the molecule is CCOC(=O)c1ccc(NC(=O)C(=O)NC[C@@H]2COc3ccccc3O2)cc1. The number of nitrogens with one attached hydrogen (secondary N) is 2. The van der Waals surface area contributed by atoms with Crippen molar-refractivity contribution in [3.8, 4) is 11.5 Å². The normalized spacial score (nSPS) is 14.7. The Balaban J connectivity index is 1.47. The van der Waals surface area contributed by atoms with E-state index < -0.39 is 23.9 Å². The number of ether oxygens (including phenoxy) is 3. The van der Waals surface area contributed by atoms with Crippen LogP contribution in [0.1, 0.15) is 17.3 Å². The van der Waals surface area contributed by atoms with Crippen molar-refractivity contribution in [2.24, 2.45) is 0 Å². The molecule has 2 aromatic carbocycles. The lowest BCUT2D eigenvalue weighted by molar-refractivity contribution is -0.136. The minimum Gasteiger partial charge on any atom is -0.486 e. The molecular formula is C20H20N2O6. The van der Waals surface area contributed by atoms with E-state index in [4.69, 9.17) is 14.2 Å². The highest BCUT2D eigenvalue weighted by Crippen LogP contribution is 2.30. The number of hydrogen-bond donors (Lipinski definition) is 2. The molecule has 0 bridgehead atoms. The highest BCUT2D eigenvalue weighted by atomic mass is 16.6. The molecule has 0 saturated heterocycles. The molecule has 2 N–H and O–H groups in total. The third kappa shape index (κ3) is 4.79. The number of fused-ring (bicyclic) bond motifs is 1. The minimum atomic E-state index is -0.819. The van der Waals surface area contributed by atoms with Crippen LogP contribution in [0.2, 0.25) is 0 Å². The van der Waals surface area contributed by atoms with E-state index in [2.05, 4.69) is 10.6 Å². The zero-order valence-corrected chi connectivity index (χ0v) is 15.3.